The van der Waals surface area contributed by atoms with Crippen molar-refractivity contribution in [2.75, 3.05) is 0 Å². The quantitative estimate of drug-likeness (QED) is 0.767. The van der Waals surface area contributed by atoms with E-state index in [0.29, 0.717) is 20.9 Å². The summed E-state index contributed by atoms with van der Waals surface area (Å²) < 4.78 is 0. The van der Waals surface area contributed by atoms with Gasteiger partial charge in [0, 0.05) is 11.6 Å². The van der Waals surface area contributed by atoms with Crippen molar-refractivity contribution in [3.8, 4) is 5.75 Å². The number of pyridine rings is 1. The van der Waals surface area contributed by atoms with Gasteiger partial charge in [-0.3, -0.25) is 4.98 Å². The summed E-state index contributed by atoms with van der Waals surface area (Å²) in [6.45, 7) is 0. The van der Waals surface area contributed by atoms with Crippen molar-refractivity contribution in [1.82, 2.24) is 4.98 Å². The van der Waals surface area contributed by atoms with E-state index in [1.165, 1.54) is 12.3 Å². The van der Waals surface area contributed by atoms with Crippen molar-refractivity contribution in [3.05, 3.63) is 33.4 Å². The van der Waals surface area contributed by atoms with E-state index in [2.05, 4.69) is 4.98 Å². The van der Waals surface area contributed by atoms with E-state index < -0.39 is 0 Å². The minimum atomic E-state index is -0.103. The van der Waals surface area contributed by atoms with Crippen LogP contribution in [0, 0.1) is 0 Å². The maximum absolute atomic E-state index is 9.60. The first-order valence-corrected chi connectivity index (χ1v) is 4.86. The van der Waals surface area contributed by atoms with Crippen LogP contribution >= 0.6 is 34.8 Å². The Morgan fingerprint density at radius 2 is 1.79 bits per heavy atom. The smallest absolute Gasteiger partial charge is 0.160 e. The van der Waals surface area contributed by atoms with Gasteiger partial charge in [0.25, 0.3) is 0 Å². The lowest BCUT2D eigenvalue weighted by molar-refractivity contribution is 0.480. The van der Waals surface area contributed by atoms with Crippen molar-refractivity contribution in [3.63, 3.8) is 0 Å². The van der Waals surface area contributed by atoms with Gasteiger partial charge in [0.05, 0.1) is 15.1 Å². The molecule has 0 aliphatic carbocycles. The average Bonchev–Trinajstić information content (AvgIpc) is 2.14. The van der Waals surface area contributed by atoms with Gasteiger partial charge in [-0.2, -0.15) is 0 Å². The zero-order chi connectivity index (χ0) is 10.3. The van der Waals surface area contributed by atoms with E-state index in [4.69, 9.17) is 34.8 Å². The molecule has 0 saturated carbocycles. The van der Waals surface area contributed by atoms with Crippen LogP contribution in [0.5, 0.6) is 5.75 Å². The van der Waals surface area contributed by atoms with Crippen LogP contribution in [-0.4, -0.2) is 10.1 Å². The van der Waals surface area contributed by atoms with E-state index in [1.807, 2.05) is 0 Å². The fourth-order valence-electron chi connectivity index (χ4n) is 1.21. The van der Waals surface area contributed by atoms with Crippen LogP contribution in [0.2, 0.25) is 15.1 Å². The maximum Gasteiger partial charge on any atom is 0.160 e. The van der Waals surface area contributed by atoms with Gasteiger partial charge in [-0.05, 0) is 12.1 Å². The second kappa shape index (κ2) is 3.46. The predicted molar refractivity (Wildman–Crippen MR) is 58.4 cm³/mol. The first-order chi connectivity index (χ1) is 6.61. The molecule has 0 amide bonds. The van der Waals surface area contributed by atoms with Crippen LogP contribution in [0.25, 0.3) is 10.9 Å². The Balaban J connectivity index is 3.02. The molecule has 14 heavy (non-hydrogen) atoms. The molecule has 1 aromatic heterocycles. The molecule has 0 fully saturated rings. The van der Waals surface area contributed by atoms with Crippen LogP contribution in [0.15, 0.2) is 18.3 Å². The van der Waals surface area contributed by atoms with Gasteiger partial charge >= 0.3 is 0 Å². The van der Waals surface area contributed by atoms with Crippen LogP contribution in [0.1, 0.15) is 0 Å². The summed E-state index contributed by atoms with van der Waals surface area (Å²) in [5.74, 6) is -0.103. The summed E-state index contributed by atoms with van der Waals surface area (Å²) in [7, 11) is 0. The van der Waals surface area contributed by atoms with E-state index in [1.54, 1.807) is 6.07 Å². The van der Waals surface area contributed by atoms with E-state index in [0.717, 1.165) is 0 Å². The molecule has 0 bridgehead atoms. The number of fused-ring (bicyclic) bond motifs is 1. The van der Waals surface area contributed by atoms with E-state index >= 15 is 0 Å². The summed E-state index contributed by atoms with van der Waals surface area (Å²) >= 11 is 17.6. The van der Waals surface area contributed by atoms with Gasteiger partial charge in [-0.15, -0.1) is 0 Å². The van der Waals surface area contributed by atoms with Crippen molar-refractivity contribution in [1.29, 1.82) is 0 Å². The van der Waals surface area contributed by atoms with Crippen molar-refractivity contribution < 1.29 is 5.11 Å². The number of nitrogens with zero attached hydrogens (tertiary/aromatic N) is 1. The number of hydrogen-bond acceptors (Lipinski definition) is 2. The van der Waals surface area contributed by atoms with Gasteiger partial charge in [0.15, 0.2) is 5.75 Å². The van der Waals surface area contributed by atoms with Crippen molar-refractivity contribution in [2.24, 2.45) is 0 Å². The topological polar surface area (TPSA) is 33.1 Å². The molecule has 0 unspecified atom stereocenters. The Morgan fingerprint density at radius 1 is 1.07 bits per heavy atom. The van der Waals surface area contributed by atoms with Crippen LogP contribution < -0.4 is 0 Å². The summed E-state index contributed by atoms with van der Waals surface area (Å²) in [4.78, 5) is 3.96. The van der Waals surface area contributed by atoms with Gasteiger partial charge < -0.3 is 5.11 Å². The first kappa shape index (κ1) is 9.84. The molecule has 2 rings (SSSR count). The fraction of sp³-hybridized carbons (Fsp3) is 0. The van der Waals surface area contributed by atoms with Crippen LogP contribution in [-0.2, 0) is 0 Å². The Labute approximate surface area is 95.0 Å². The standard InChI is InChI=1S/C9H4Cl3NO/c10-4-1-2-13-8-7(4)5(11)3-6(12)9(8)14/h1-3,14H. The molecule has 0 aliphatic rings. The molecular weight excluding hydrogens is 244 g/mol. The normalized spacial score (nSPS) is 10.8. The third kappa shape index (κ3) is 1.40. The molecule has 1 heterocycles. The van der Waals surface area contributed by atoms with Crippen molar-refractivity contribution in [2.45, 2.75) is 0 Å². The molecule has 0 radical (unpaired) electrons. The fourth-order valence-corrected chi connectivity index (χ4v) is 2.06. The van der Waals surface area contributed by atoms with Gasteiger partial charge in [0.2, 0.25) is 0 Å². The highest BCUT2D eigenvalue weighted by molar-refractivity contribution is 6.44. The summed E-state index contributed by atoms with van der Waals surface area (Å²) in [6.07, 6.45) is 1.48. The Hall–Kier alpha value is -0.700. The van der Waals surface area contributed by atoms with Gasteiger partial charge in [0.1, 0.15) is 5.52 Å². The molecule has 0 spiro atoms. The largest absolute Gasteiger partial charge is 0.504 e. The maximum atomic E-state index is 9.60. The highest BCUT2D eigenvalue weighted by Crippen LogP contribution is 2.38. The van der Waals surface area contributed by atoms with Crippen LogP contribution in [0.4, 0.5) is 0 Å². The van der Waals surface area contributed by atoms with Crippen molar-refractivity contribution >= 4 is 45.7 Å². The number of halogens is 3. The number of aromatic hydroxyl groups is 1. The Bertz CT molecular complexity index is 513. The highest BCUT2D eigenvalue weighted by atomic mass is 35.5. The first-order valence-electron chi connectivity index (χ1n) is 3.72. The minimum Gasteiger partial charge on any atom is -0.504 e. The van der Waals surface area contributed by atoms with Gasteiger partial charge in [-0.25, -0.2) is 0 Å². The number of aromatic nitrogens is 1. The second-order valence-corrected chi connectivity index (χ2v) is 3.93. The monoisotopic (exact) mass is 247 g/mol. The molecule has 0 saturated heterocycles. The zero-order valence-corrected chi connectivity index (χ0v) is 9.03. The lowest BCUT2D eigenvalue weighted by atomic mass is 10.2. The highest BCUT2D eigenvalue weighted by Gasteiger charge is 2.12. The molecule has 2 nitrogen and oxygen atoms in total. The number of benzene rings is 1. The lowest BCUT2D eigenvalue weighted by Crippen LogP contribution is -1.83. The summed E-state index contributed by atoms with van der Waals surface area (Å²) in [5.41, 5.74) is 0.315. The van der Waals surface area contributed by atoms with Gasteiger partial charge in [-0.1, -0.05) is 34.8 Å². The van der Waals surface area contributed by atoms with E-state index in [9.17, 15) is 5.11 Å². The van der Waals surface area contributed by atoms with E-state index in [-0.39, 0.29) is 10.8 Å². The number of hydrogen-bond donors (Lipinski definition) is 1. The summed E-state index contributed by atoms with van der Waals surface area (Å²) in [5, 5.41) is 11.1. The predicted octanol–water partition coefficient (Wildman–Crippen LogP) is 3.90. The Morgan fingerprint density at radius 3 is 2.50 bits per heavy atom. The Kier molecular flexibility index (Phi) is 2.43. The second-order valence-electron chi connectivity index (χ2n) is 2.71. The molecule has 0 aliphatic heterocycles. The number of phenols is 1. The van der Waals surface area contributed by atoms with Crippen LogP contribution in [0.3, 0.4) is 0 Å². The minimum absolute atomic E-state index is 0.103. The molecule has 1 N–H and O–H groups in total. The molecule has 72 valence electrons. The third-order valence-electron chi connectivity index (χ3n) is 1.84. The molecule has 0 atom stereocenters. The molecule has 2 aromatic rings. The molecular formula is C9H4Cl3NO. The lowest BCUT2D eigenvalue weighted by Gasteiger charge is -2.05. The number of rotatable bonds is 0. The number of phenolic OH excluding ortho intramolecular Hbond substituents is 1. The summed E-state index contributed by atoms with van der Waals surface area (Å²) in [6, 6.07) is 3.04. The average molecular weight is 248 g/mol. The SMILES string of the molecule is Oc1c(Cl)cc(Cl)c2c(Cl)ccnc12. The zero-order valence-electron chi connectivity index (χ0n) is 6.76. The molecule has 5 heteroatoms. The third-order valence-corrected chi connectivity index (χ3v) is 2.74. The molecule has 1 aromatic carbocycles.